The fourth-order valence-corrected chi connectivity index (χ4v) is 4.80. The molecule has 0 unspecified atom stereocenters. The minimum atomic E-state index is -1.54. The van der Waals surface area contributed by atoms with E-state index in [9.17, 15) is 49.8 Å². The van der Waals surface area contributed by atoms with E-state index in [4.69, 9.17) is 19.7 Å². The number of nitrogens with zero attached hydrogens (tertiary/aromatic N) is 5. The average molecular weight is 671 g/mol. The van der Waals surface area contributed by atoms with Gasteiger partial charge in [0.25, 0.3) is 5.56 Å². The van der Waals surface area contributed by atoms with Gasteiger partial charge in [-0.25, -0.2) is 29.3 Å². The van der Waals surface area contributed by atoms with E-state index in [1.807, 2.05) is 0 Å². The first-order chi connectivity index (χ1) is 22.2. The number of carbonyl (C=O) groups excluding carboxylic acids is 1. The van der Waals surface area contributed by atoms with Crippen LogP contribution in [0.5, 0.6) is 0 Å². The summed E-state index contributed by atoms with van der Waals surface area (Å²) in [5.74, 6) is -1.48. The van der Waals surface area contributed by atoms with Crippen molar-refractivity contribution in [1.29, 1.82) is 0 Å². The number of aromatic amines is 1. The van der Waals surface area contributed by atoms with Crippen molar-refractivity contribution in [1.82, 2.24) is 34.4 Å². The van der Waals surface area contributed by atoms with Crippen LogP contribution in [0.15, 0.2) is 28.4 Å². The quantitative estimate of drug-likeness (QED) is 0.107. The van der Waals surface area contributed by atoms with Crippen molar-refractivity contribution < 1.29 is 59.9 Å². The Hall–Kier alpha value is -4.39. The van der Waals surface area contributed by atoms with Crippen molar-refractivity contribution >= 4 is 29.0 Å². The largest absolute Gasteiger partial charge is 0.480 e. The van der Waals surface area contributed by atoms with Gasteiger partial charge in [-0.05, 0) is 13.8 Å². The number of carboxylic acid groups (broad SMARTS) is 1. The number of aliphatic carboxylic acids is 1. The van der Waals surface area contributed by atoms with Gasteiger partial charge in [-0.3, -0.25) is 24.2 Å². The smallest absolute Gasteiger partial charge is 0.330 e. The normalized spacial score (nSPS) is 28.4. The van der Waals surface area contributed by atoms with Crippen LogP contribution in [-0.4, -0.2) is 144 Å². The van der Waals surface area contributed by atoms with E-state index in [1.54, 1.807) is 0 Å². The number of rotatable bonds is 8. The number of H-pyrrole nitrogens is 1. The number of amides is 2. The van der Waals surface area contributed by atoms with Crippen molar-refractivity contribution in [2.75, 3.05) is 18.5 Å². The lowest BCUT2D eigenvalue weighted by Crippen LogP contribution is -2.49. The molecule has 47 heavy (non-hydrogen) atoms. The monoisotopic (exact) mass is 670 g/mol. The van der Waals surface area contributed by atoms with Gasteiger partial charge < -0.3 is 55.6 Å². The predicted molar refractivity (Wildman–Crippen MR) is 153 cm³/mol. The van der Waals surface area contributed by atoms with E-state index in [-0.39, 0.29) is 22.5 Å². The number of hydrogen-bond donors (Lipinski definition) is 11. The number of aliphatic hydroxyl groups excluding tert-OH is 7. The molecule has 2 saturated heterocycles. The van der Waals surface area contributed by atoms with Crippen molar-refractivity contribution in [3.8, 4) is 0 Å². The fraction of sp³-hybridized carbons (Fsp3) is 0.560. The summed E-state index contributed by atoms with van der Waals surface area (Å²) in [5.41, 5.74) is -0.754. The van der Waals surface area contributed by atoms with Gasteiger partial charge in [0.05, 0.1) is 25.6 Å². The standard InChI is InChI=1S/C15H20N6O8.C10H14N2O6/c1-5(23)7(14(26)27)19-15(28)20-11-8-12(17-3-16-11)21(4-18-8)13-10(25)9(24)6(2-22)29-13;1-4-2-12(10(17)11-8(4)16)9-7(15)6(14)5(3-13)18-9/h3-7,9-10,13,22-25H,2H2,1H3,(H,26,27)(H2,16,17,19,20,28);2,5-7,9,13-15H,3H2,1H3,(H,11,16,17)/t5-,6-,7+,9-,10-,13-;5-,6-,7-,9-/m11/s1. The van der Waals surface area contributed by atoms with Crippen LogP contribution >= 0.6 is 0 Å². The molecule has 0 radical (unpaired) electrons. The Morgan fingerprint density at radius 3 is 2.04 bits per heavy atom. The van der Waals surface area contributed by atoms with Crippen LogP contribution in [0.1, 0.15) is 24.9 Å². The highest BCUT2D eigenvalue weighted by Gasteiger charge is 2.45. The minimum Gasteiger partial charge on any atom is -0.480 e. The molecule has 258 valence electrons. The Morgan fingerprint density at radius 1 is 0.957 bits per heavy atom. The maximum absolute atomic E-state index is 12.1. The molecule has 5 heterocycles. The Kier molecular flexibility index (Phi) is 11.0. The summed E-state index contributed by atoms with van der Waals surface area (Å²) in [5, 5.41) is 80.5. The number of aliphatic hydroxyl groups is 7. The minimum absolute atomic E-state index is 0.0623. The molecule has 2 aliphatic heterocycles. The number of ether oxygens (including phenoxy) is 2. The molecule has 0 spiro atoms. The van der Waals surface area contributed by atoms with Crippen LogP contribution < -0.4 is 21.9 Å². The zero-order chi connectivity index (χ0) is 34.7. The molecule has 0 aromatic carbocycles. The van der Waals surface area contributed by atoms with Crippen LogP contribution in [-0.2, 0) is 14.3 Å². The van der Waals surface area contributed by atoms with E-state index >= 15 is 0 Å². The Morgan fingerprint density at radius 2 is 1.53 bits per heavy atom. The number of anilines is 1. The van der Waals surface area contributed by atoms with Gasteiger partial charge in [0.15, 0.2) is 35.5 Å². The van der Waals surface area contributed by atoms with Crippen molar-refractivity contribution in [3.05, 3.63) is 45.3 Å². The molecular weight excluding hydrogens is 636 g/mol. The third-order valence-corrected chi connectivity index (χ3v) is 7.35. The first kappa shape index (κ1) is 35.5. The number of nitrogens with one attached hydrogen (secondary N) is 3. The molecule has 10 atom stereocenters. The molecule has 3 aromatic heterocycles. The van der Waals surface area contributed by atoms with Gasteiger partial charge in [0, 0.05) is 11.8 Å². The van der Waals surface area contributed by atoms with Crippen molar-refractivity contribution in [3.63, 3.8) is 0 Å². The summed E-state index contributed by atoms with van der Waals surface area (Å²) in [6.45, 7) is 1.73. The van der Waals surface area contributed by atoms with E-state index in [2.05, 4.69) is 30.6 Å². The summed E-state index contributed by atoms with van der Waals surface area (Å²) in [6, 6.07) is -2.48. The lowest BCUT2D eigenvalue weighted by molar-refractivity contribution is -0.141. The SMILES string of the molecule is C[C@@H](O)[C@H](NC(=O)Nc1ncnc2c1ncn2[C@@H]1O[C@H](CO)[C@@H](O)[C@H]1O)C(=O)O.Cc1cn([C@@H]2O[C@H](CO)[C@@H](O)[C@H]2O)c(=O)[nH]c1=O. The molecule has 0 aliphatic carbocycles. The summed E-state index contributed by atoms with van der Waals surface area (Å²) in [6.07, 6.45) is -7.27. The van der Waals surface area contributed by atoms with E-state index in [0.29, 0.717) is 0 Å². The van der Waals surface area contributed by atoms with Gasteiger partial charge in [0.2, 0.25) is 0 Å². The number of urea groups is 1. The van der Waals surface area contributed by atoms with Gasteiger partial charge in [-0.15, -0.1) is 0 Å². The maximum Gasteiger partial charge on any atom is 0.330 e. The van der Waals surface area contributed by atoms with Gasteiger partial charge in [-0.1, -0.05) is 0 Å². The zero-order valence-electron chi connectivity index (χ0n) is 24.7. The number of imidazole rings is 1. The molecule has 2 amide bonds. The summed E-state index contributed by atoms with van der Waals surface area (Å²) < 4.78 is 12.9. The van der Waals surface area contributed by atoms with Crippen LogP contribution in [0, 0.1) is 6.92 Å². The molecule has 22 heteroatoms. The Balaban J connectivity index is 0.000000238. The number of aryl methyl sites for hydroxylation is 1. The summed E-state index contributed by atoms with van der Waals surface area (Å²) in [4.78, 5) is 60.0. The second-order valence-electron chi connectivity index (χ2n) is 10.6. The first-order valence-corrected chi connectivity index (χ1v) is 13.9. The molecule has 22 nitrogen and oxygen atoms in total. The Bertz CT molecular complexity index is 1690. The molecule has 5 rings (SSSR count). The highest BCUT2D eigenvalue weighted by Crippen LogP contribution is 2.32. The number of carbonyl (C=O) groups is 2. The summed E-state index contributed by atoms with van der Waals surface area (Å²) >= 11 is 0. The van der Waals surface area contributed by atoms with Gasteiger partial charge >= 0.3 is 17.7 Å². The van der Waals surface area contributed by atoms with Crippen LogP contribution in [0.25, 0.3) is 11.2 Å². The molecular formula is C25H34N8O14. The van der Waals surface area contributed by atoms with Crippen LogP contribution in [0.4, 0.5) is 10.6 Å². The topological polar surface area (TPSA) is 337 Å². The highest BCUT2D eigenvalue weighted by atomic mass is 16.6. The molecule has 0 bridgehead atoms. The van der Waals surface area contributed by atoms with Gasteiger partial charge in [0.1, 0.15) is 43.0 Å². The Labute approximate surface area is 262 Å². The second-order valence-corrected chi connectivity index (χ2v) is 10.6. The summed E-state index contributed by atoms with van der Waals surface area (Å²) in [7, 11) is 0. The number of aromatic nitrogens is 6. The van der Waals surface area contributed by atoms with Crippen molar-refractivity contribution in [2.45, 2.75) is 75.1 Å². The third-order valence-electron chi connectivity index (χ3n) is 7.35. The molecule has 0 saturated carbocycles. The lowest BCUT2D eigenvalue weighted by Gasteiger charge is -2.17. The zero-order valence-corrected chi connectivity index (χ0v) is 24.7. The molecule has 3 aromatic rings. The fourth-order valence-electron chi connectivity index (χ4n) is 4.80. The highest BCUT2D eigenvalue weighted by molar-refractivity contribution is 5.97. The van der Waals surface area contributed by atoms with E-state index in [1.165, 1.54) is 30.9 Å². The maximum atomic E-state index is 12.1. The van der Waals surface area contributed by atoms with Gasteiger partial charge in [-0.2, -0.15) is 0 Å². The molecule has 2 aliphatic rings. The second kappa shape index (κ2) is 14.6. The number of fused-ring (bicyclic) bond motifs is 1. The van der Waals surface area contributed by atoms with Crippen molar-refractivity contribution in [2.24, 2.45) is 0 Å². The van der Waals surface area contributed by atoms with E-state index in [0.717, 1.165) is 10.9 Å². The number of hydrogen-bond acceptors (Lipinski definition) is 16. The third kappa shape index (κ3) is 7.29. The average Bonchev–Trinajstić information content (AvgIpc) is 3.67. The van der Waals surface area contributed by atoms with Crippen LogP contribution in [0.2, 0.25) is 0 Å². The first-order valence-electron chi connectivity index (χ1n) is 13.9. The lowest BCUT2D eigenvalue weighted by atomic mass is 10.1. The molecule has 2 fully saturated rings. The number of carboxylic acids is 1. The van der Waals surface area contributed by atoms with Crippen LogP contribution in [0.3, 0.4) is 0 Å². The molecule has 11 N–H and O–H groups in total. The van der Waals surface area contributed by atoms with E-state index < -0.39 is 97.7 Å². The predicted octanol–water partition coefficient (Wildman–Crippen LogP) is -5.15.